The summed E-state index contributed by atoms with van der Waals surface area (Å²) >= 11 is 0. The molecule has 6 nitrogen and oxygen atoms in total. The third kappa shape index (κ3) is 2.68. The van der Waals surface area contributed by atoms with Gasteiger partial charge in [-0.1, -0.05) is 66.2 Å². The Hall–Kier alpha value is -4.71. The van der Waals surface area contributed by atoms with Crippen molar-refractivity contribution in [1.82, 2.24) is 9.55 Å². The zero-order valence-corrected chi connectivity index (χ0v) is 18.9. The first-order valence-electron chi connectivity index (χ1n) is 11.5. The van der Waals surface area contributed by atoms with Gasteiger partial charge < -0.3 is 4.74 Å². The van der Waals surface area contributed by atoms with E-state index in [2.05, 4.69) is 0 Å². The summed E-state index contributed by atoms with van der Waals surface area (Å²) < 4.78 is 8.48. The van der Waals surface area contributed by atoms with Crippen LogP contribution in [0.25, 0.3) is 16.6 Å². The van der Waals surface area contributed by atoms with Gasteiger partial charge in [-0.05, 0) is 49.4 Å². The number of aryl methyl sites for hydroxylation is 1. The third-order valence-corrected chi connectivity index (χ3v) is 6.62. The monoisotopic (exact) mass is 456 g/mol. The molecule has 0 aliphatic carbocycles. The van der Waals surface area contributed by atoms with Crippen molar-refractivity contribution in [3.8, 4) is 5.69 Å². The average Bonchev–Trinajstić information content (AvgIpc) is 3.43. The molecule has 0 fully saturated rings. The molecule has 0 saturated heterocycles. The fraction of sp³-hybridized carbons (Fsp3) is 0.0690. The van der Waals surface area contributed by atoms with E-state index in [0.29, 0.717) is 22.6 Å². The molecule has 168 valence electrons. The lowest BCUT2D eigenvalue weighted by Gasteiger charge is -2.32. The molecule has 2 aliphatic heterocycles. The van der Waals surface area contributed by atoms with Gasteiger partial charge in [-0.15, -0.1) is 5.10 Å². The summed E-state index contributed by atoms with van der Waals surface area (Å²) in [6.07, 6.45) is 0. The standard InChI is InChI=1S/C29H20N4O2/c1-19-15-17-20(18-16-19)26-31-33(21-9-3-2-4-10-21)29(35-26)23-12-6-8-14-25(23)32-27(34)22-11-5-7-13-24(22)30-28(29)32/h2-18H,1H3. The highest BCUT2D eigenvalue weighted by molar-refractivity contribution is 5.97. The molecule has 7 rings (SSSR count). The molecule has 0 N–H and O–H groups in total. The van der Waals surface area contributed by atoms with Gasteiger partial charge in [0.15, 0.2) is 5.82 Å². The Morgan fingerprint density at radius 2 is 1.51 bits per heavy atom. The molecule has 35 heavy (non-hydrogen) atoms. The number of hydrogen-bond acceptors (Lipinski definition) is 5. The normalized spacial score (nSPS) is 17.9. The molecule has 6 heteroatoms. The van der Waals surface area contributed by atoms with Crippen LogP contribution in [0.1, 0.15) is 22.5 Å². The van der Waals surface area contributed by atoms with Crippen molar-refractivity contribution in [2.75, 3.05) is 5.01 Å². The highest BCUT2D eigenvalue weighted by atomic mass is 16.6. The molecule has 1 aromatic heterocycles. The molecular formula is C29H20N4O2. The Labute approximate surface area is 201 Å². The molecule has 3 heterocycles. The van der Waals surface area contributed by atoms with E-state index in [1.54, 1.807) is 4.57 Å². The van der Waals surface area contributed by atoms with Crippen LogP contribution in [0.4, 0.5) is 5.69 Å². The second kappa shape index (κ2) is 7.14. The van der Waals surface area contributed by atoms with E-state index in [1.807, 2.05) is 115 Å². The molecule has 0 radical (unpaired) electrons. The molecule has 0 amide bonds. The van der Waals surface area contributed by atoms with Gasteiger partial charge in [0, 0.05) is 5.56 Å². The summed E-state index contributed by atoms with van der Waals surface area (Å²) in [7, 11) is 0. The largest absolute Gasteiger partial charge is 0.435 e. The maximum Gasteiger partial charge on any atom is 0.291 e. The lowest BCUT2D eigenvalue weighted by atomic mass is 10.0. The number of hydrogen-bond donors (Lipinski definition) is 0. The van der Waals surface area contributed by atoms with E-state index < -0.39 is 5.72 Å². The van der Waals surface area contributed by atoms with Crippen molar-refractivity contribution < 1.29 is 4.74 Å². The Kier molecular flexibility index (Phi) is 4.03. The SMILES string of the molecule is Cc1ccc(C2=NN(c3ccccc3)C3(O2)c2ccccc2-n2c3nc3ccccc3c2=O)cc1. The second-order valence-corrected chi connectivity index (χ2v) is 8.77. The van der Waals surface area contributed by atoms with E-state index in [1.165, 1.54) is 0 Å². The van der Waals surface area contributed by atoms with Crippen LogP contribution in [0, 0.1) is 6.92 Å². The number of rotatable bonds is 2. The van der Waals surface area contributed by atoms with Crippen LogP contribution in [0.3, 0.4) is 0 Å². The third-order valence-electron chi connectivity index (χ3n) is 6.62. The zero-order valence-electron chi connectivity index (χ0n) is 18.9. The summed E-state index contributed by atoms with van der Waals surface area (Å²) in [6.45, 7) is 2.05. The van der Waals surface area contributed by atoms with Gasteiger partial charge in [0.2, 0.25) is 5.90 Å². The van der Waals surface area contributed by atoms with E-state index in [-0.39, 0.29) is 5.56 Å². The van der Waals surface area contributed by atoms with Gasteiger partial charge in [0.25, 0.3) is 11.3 Å². The number of aromatic nitrogens is 2. The number of ether oxygens (including phenoxy) is 1. The van der Waals surface area contributed by atoms with Gasteiger partial charge in [0.1, 0.15) is 0 Å². The number of para-hydroxylation sites is 3. The number of fused-ring (bicyclic) bond motifs is 6. The number of benzene rings is 4. The predicted molar refractivity (Wildman–Crippen MR) is 136 cm³/mol. The Morgan fingerprint density at radius 1 is 0.800 bits per heavy atom. The van der Waals surface area contributed by atoms with E-state index >= 15 is 0 Å². The summed E-state index contributed by atoms with van der Waals surface area (Å²) in [6, 6.07) is 33.1. The Morgan fingerprint density at radius 3 is 2.34 bits per heavy atom. The maximum atomic E-state index is 13.8. The molecule has 1 atom stereocenters. The summed E-state index contributed by atoms with van der Waals surface area (Å²) in [5.41, 5.74) is 3.65. The second-order valence-electron chi connectivity index (χ2n) is 8.77. The van der Waals surface area contributed by atoms with Crippen LogP contribution >= 0.6 is 0 Å². The van der Waals surface area contributed by atoms with Gasteiger partial charge in [-0.2, -0.15) is 0 Å². The number of hydrazone groups is 1. The minimum atomic E-state index is -1.23. The minimum Gasteiger partial charge on any atom is -0.435 e. The van der Waals surface area contributed by atoms with Gasteiger partial charge in [-0.25, -0.2) is 9.99 Å². The summed E-state index contributed by atoms with van der Waals surface area (Å²) in [4.78, 5) is 18.8. The predicted octanol–water partition coefficient (Wildman–Crippen LogP) is 5.11. The van der Waals surface area contributed by atoms with Crippen molar-refractivity contribution in [2.45, 2.75) is 12.6 Å². The lowest BCUT2D eigenvalue weighted by Crippen LogP contribution is -2.43. The van der Waals surface area contributed by atoms with E-state index in [9.17, 15) is 4.79 Å². The Balaban J connectivity index is 1.56. The lowest BCUT2D eigenvalue weighted by molar-refractivity contribution is 0.116. The van der Waals surface area contributed by atoms with Gasteiger partial charge >= 0.3 is 0 Å². The van der Waals surface area contributed by atoms with Crippen LogP contribution < -0.4 is 10.6 Å². The first-order valence-corrected chi connectivity index (χ1v) is 11.5. The van der Waals surface area contributed by atoms with E-state index in [0.717, 1.165) is 28.1 Å². The molecule has 0 saturated carbocycles. The van der Waals surface area contributed by atoms with Crippen LogP contribution in [-0.2, 0) is 10.5 Å². The van der Waals surface area contributed by atoms with Crippen LogP contribution in [-0.4, -0.2) is 15.4 Å². The maximum absolute atomic E-state index is 13.8. The van der Waals surface area contributed by atoms with Crippen molar-refractivity contribution >= 4 is 22.5 Å². The van der Waals surface area contributed by atoms with Crippen molar-refractivity contribution in [2.24, 2.45) is 5.10 Å². The number of nitrogens with zero attached hydrogens (tertiary/aromatic N) is 4. The number of anilines is 1. The Bertz CT molecular complexity index is 1710. The van der Waals surface area contributed by atoms with Crippen LogP contribution in [0.15, 0.2) is 113 Å². The van der Waals surface area contributed by atoms with Crippen LogP contribution in [0.2, 0.25) is 0 Å². The average molecular weight is 457 g/mol. The summed E-state index contributed by atoms with van der Waals surface area (Å²) in [5, 5.41) is 7.38. The quantitative estimate of drug-likeness (QED) is 0.371. The molecule has 1 unspecified atom stereocenters. The first-order chi connectivity index (χ1) is 17.2. The first kappa shape index (κ1) is 19.7. The van der Waals surface area contributed by atoms with Crippen molar-refractivity contribution in [3.05, 3.63) is 136 Å². The van der Waals surface area contributed by atoms with E-state index in [4.69, 9.17) is 14.8 Å². The molecule has 1 spiro atoms. The van der Waals surface area contributed by atoms with Crippen LogP contribution in [0.5, 0.6) is 0 Å². The fourth-order valence-corrected chi connectivity index (χ4v) is 4.95. The minimum absolute atomic E-state index is 0.129. The summed E-state index contributed by atoms with van der Waals surface area (Å²) in [5.74, 6) is 0.955. The smallest absolute Gasteiger partial charge is 0.291 e. The fourth-order valence-electron chi connectivity index (χ4n) is 4.95. The van der Waals surface area contributed by atoms with Gasteiger partial charge in [-0.3, -0.25) is 9.36 Å². The molecule has 0 bridgehead atoms. The van der Waals surface area contributed by atoms with Crippen molar-refractivity contribution in [3.63, 3.8) is 0 Å². The topological polar surface area (TPSA) is 59.7 Å². The highest BCUT2D eigenvalue weighted by Gasteiger charge is 2.57. The highest BCUT2D eigenvalue weighted by Crippen LogP contribution is 2.50. The molecule has 4 aromatic carbocycles. The molecular weight excluding hydrogens is 436 g/mol. The van der Waals surface area contributed by atoms with Crippen molar-refractivity contribution in [1.29, 1.82) is 0 Å². The van der Waals surface area contributed by atoms with Gasteiger partial charge in [0.05, 0.1) is 27.8 Å². The molecule has 5 aromatic rings. The molecule has 2 aliphatic rings. The zero-order chi connectivity index (χ0) is 23.6.